The Labute approximate surface area is 232 Å². The smallest absolute Gasteiger partial charge is 0.286 e. The molecule has 10 heteroatoms. The van der Waals surface area contributed by atoms with Gasteiger partial charge in [-0.05, 0) is 54.4 Å². The molecule has 3 aromatic heterocycles. The summed E-state index contributed by atoms with van der Waals surface area (Å²) in [5.41, 5.74) is 8.97. The van der Waals surface area contributed by atoms with E-state index in [1.54, 1.807) is 29.5 Å². The summed E-state index contributed by atoms with van der Waals surface area (Å²) in [6.07, 6.45) is 1.61. The predicted molar refractivity (Wildman–Crippen MR) is 155 cm³/mol. The number of carbonyl (C=O) groups excluding carboxylic acids is 2. The molecular weight excluding hydrogens is 530 g/mol. The van der Waals surface area contributed by atoms with Crippen molar-refractivity contribution in [1.29, 1.82) is 0 Å². The highest BCUT2D eigenvalue weighted by molar-refractivity contribution is 6.19. The van der Waals surface area contributed by atoms with Gasteiger partial charge >= 0.3 is 0 Å². The normalized spacial score (nSPS) is 14.8. The zero-order valence-electron chi connectivity index (χ0n) is 21.3. The summed E-state index contributed by atoms with van der Waals surface area (Å²) in [4.78, 5) is 32.4. The van der Waals surface area contributed by atoms with Crippen molar-refractivity contribution in [3.05, 3.63) is 89.4 Å². The molecule has 0 unspecified atom stereocenters. The topological polar surface area (TPSA) is 126 Å². The first-order valence-corrected chi connectivity index (χ1v) is 13.3. The summed E-state index contributed by atoms with van der Waals surface area (Å²) in [6.45, 7) is 2.37. The lowest BCUT2D eigenvalue weighted by Crippen LogP contribution is -2.41. The molecule has 200 valence electrons. The number of nitrogens with one attached hydrogen (secondary N) is 4. The van der Waals surface area contributed by atoms with Gasteiger partial charge in [-0.15, -0.1) is 11.6 Å². The number of rotatable bonds is 5. The molecule has 1 aliphatic heterocycles. The van der Waals surface area contributed by atoms with Crippen molar-refractivity contribution in [2.45, 2.75) is 12.8 Å². The number of phenolic OH excluding ortho intramolecular Hbond substituents is 1. The highest BCUT2D eigenvalue weighted by atomic mass is 35.5. The van der Waals surface area contributed by atoms with E-state index in [1.165, 1.54) is 0 Å². The van der Waals surface area contributed by atoms with Crippen LogP contribution in [0, 0.1) is 6.92 Å². The van der Waals surface area contributed by atoms with Gasteiger partial charge in [-0.3, -0.25) is 20.0 Å². The summed E-state index contributed by atoms with van der Waals surface area (Å²) < 4.78 is 5.56. The lowest BCUT2D eigenvalue weighted by atomic mass is 9.97. The molecule has 0 fully saturated rings. The van der Waals surface area contributed by atoms with E-state index in [2.05, 4.69) is 20.7 Å². The number of hydrogen-bond acceptors (Lipinski definition) is 5. The molecule has 0 saturated carbocycles. The van der Waals surface area contributed by atoms with Gasteiger partial charge in [0.1, 0.15) is 11.4 Å². The van der Waals surface area contributed by atoms with Crippen LogP contribution in [0.15, 0.2) is 71.3 Å². The number of nitrogens with zero attached hydrogens (tertiary/aromatic N) is 1. The number of alkyl halides is 1. The van der Waals surface area contributed by atoms with E-state index in [1.807, 2.05) is 49.4 Å². The number of anilines is 2. The second-order valence-electron chi connectivity index (χ2n) is 10.1. The van der Waals surface area contributed by atoms with Gasteiger partial charge in [-0.2, -0.15) is 0 Å². The third kappa shape index (κ3) is 3.85. The molecule has 40 heavy (non-hydrogen) atoms. The monoisotopic (exact) mass is 553 g/mol. The van der Waals surface area contributed by atoms with Crippen LogP contribution >= 0.6 is 11.6 Å². The fourth-order valence-corrected chi connectivity index (χ4v) is 5.81. The molecule has 4 heterocycles. The van der Waals surface area contributed by atoms with Crippen molar-refractivity contribution in [2.75, 3.05) is 22.8 Å². The van der Waals surface area contributed by atoms with E-state index in [0.717, 1.165) is 38.3 Å². The number of aromatic amines is 2. The lowest BCUT2D eigenvalue weighted by molar-refractivity contribution is 0.0944. The zero-order valence-corrected chi connectivity index (χ0v) is 22.1. The van der Waals surface area contributed by atoms with Crippen molar-refractivity contribution >= 4 is 67.6 Å². The summed E-state index contributed by atoms with van der Waals surface area (Å²) in [5, 5.41) is 17.8. The third-order valence-corrected chi connectivity index (χ3v) is 7.82. The Bertz CT molecular complexity index is 1940. The van der Waals surface area contributed by atoms with E-state index in [0.29, 0.717) is 40.8 Å². The molecule has 1 atom stereocenters. The first-order chi connectivity index (χ1) is 19.4. The molecule has 6 aromatic rings. The van der Waals surface area contributed by atoms with Crippen LogP contribution in [0.4, 0.5) is 11.4 Å². The number of halogens is 1. The molecule has 0 aliphatic carbocycles. The average molecular weight is 554 g/mol. The highest BCUT2D eigenvalue weighted by Gasteiger charge is 2.34. The number of aromatic hydroxyl groups is 1. The van der Waals surface area contributed by atoms with Crippen molar-refractivity contribution in [2.24, 2.45) is 0 Å². The Hall–Kier alpha value is -4.89. The minimum absolute atomic E-state index is 0.00366. The number of phenols is 1. The van der Waals surface area contributed by atoms with Gasteiger partial charge in [0.25, 0.3) is 11.8 Å². The number of amides is 2. The van der Waals surface area contributed by atoms with Crippen molar-refractivity contribution in [1.82, 2.24) is 15.4 Å². The first-order valence-electron chi connectivity index (χ1n) is 12.8. The number of furan rings is 1. The van der Waals surface area contributed by atoms with Gasteiger partial charge in [0, 0.05) is 57.3 Å². The lowest BCUT2D eigenvalue weighted by Gasteiger charge is -2.20. The van der Waals surface area contributed by atoms with Crippen molar-refractivity contribution in [3.63, 3.8) is 0 Å². The average Bonchev–Trinajstić information content (AvgIpc) is 3.72. The number of H-pyrrole nitrogens is 2. The summed E-state index contributed by atoms with van der Waals surface area (Å²) in [7, 11) is 0. The summed E-state index contributed by atoms with van der Waals surface area (Å²) >= 11 is 6.31. The summed E-state index contributed by atoms with van der Waals surface area (Å²) in [6, 6.07) is 18.3. The highest BCUT2D eigenvalue weighted by Crippen LogP contribution is 2.46. The van der Waals surface area contributed by atoms with Gasteiger partial charge in [0.05, 0.1) is 12.0 Å². The maximum atomic E-state index is 13.3. The SMILES string of the molecule is Cc1coc2c(O)cc3c(c12)[C@@H](CCl)CN3NC(=O)c1cc2cc(NC(=O)c3cc4ccccc4[nH]3)ccc2[nH]1. The van der Waals surface area contributed by atoms with E-state index in [9.17, 15) is 14.7 Å². The van der Waals surface area contributed by atoms with Gasteiger partial charge in [0.15, 0.2) is 11.3 Å². The van der Waals surface area contributed by atoms with Gasteiger partial charge in [-0.1, -0.05) is 18.2 Å². The first kappa shape index (κ1) is 24.2. The van der Waals surface area contributed by atoms with Crippen LogP contribution in [0.1, 0.15) is 38.0 Å². The van der Waals surface area contributed by atoms with Crippen LogP contribution in [0.25, 0.3) is 32.8 Å². The number of hydrogen-bond donors (Lipinski definition) is 5. The second-order valence-corrected chi connectivity index (χ2v) is 10.4. The third-order valence-electron chi connectivity index (χ3n) is 7.45. The Kier molecular flexibility index (Phi) is 5.50. The second kappa shape index (κ2) is 9.10. The summed E-state index contributed by atoms with van der Waals surface area (Å²) in [5.74, 6) is -0.296. The van der Waals surface area contributed by atoms with E-state index in [-0.39, 0.29) is 23.5 Å². The molecule has 1 aliphatic rings. The number of para-hydroxylation sites is 1. The maximum absolute atomic E-state index is 13.3. The van der Waals surface area contributed by atoms with Crippen molar-refractivity contribution in [3.8, 4) is 5.75 Å². The maximum Gasteiger partial charge on any atom is 0.286 e. The van der Waals surface area contributed by atoms with Crippen LogP contribution in [0.5, 0.6) is 5.75 Å². The van der Waals surface area contributed by atoms with E-state index < -0.39 is 0 Å². The van der Waals surface area contributed by atoms with E-state index >= 15 is 0 Å². The minimum atomic E-state index is -0.343. The van der Waals surface area contributed by atoms with Crippen LogP contribution in [0.2, 0.25) is 0 Å². The molecular formula is C30H24ClN5O4. The number of fused-ring (bicyclic) bond motifs is 5. The van der Waals surface area contributed by atoms with Gasteiger partial charge < -0.3 is 24.8 Å². The Balaban J connectivity index is 1.13. The number of carbonyl (C=O) groups is 2. The van der Waals surface area contributed by atoms with Crippen LogP contribution in [0.3, 0.4) is 0 Å². The number of aromatic nitrogens is 2. The zero-order chi connectivity index (χ0) is 27.5. The van der Waals surface area contributed by atoms with Crippen LogP contribution in [-0.2, 0) is 0 Å². The molecule has 0 radical (unpaired) electrons. The standard InChI is InChI=1S/C30H24ClN5O4/c1-15-14-40-28-25(37)11-24-27(26(15)28)18(12-31)13-36(24)35-30(39)23-10-17-8-19(6-7-21(17)34-23)32-29(38)22-9-16-4-2-3-5-20(16)33-22/h2-11,14,18,33-34,37H,12-13H2,1H3,(H,32,38)(H,35,39)/t18-/m0/s1. The fourth-order valence-electron chi connectivity index (χ4n) is 5.56. The van der Waals surface area contributed by atoms with Crippen molar-refractivity contribution < 1.29 is 19.1 Å². The minimum Gasteiger partial charge on any atom is -0.504 e. The fraction of sp³-hybridized carbons (Fsp3) is 0.133. The van der Waals surface area contributed by atoms with E-state index in [4.69, 9.17) is 16.0 Å². The Morgan fingerprint density at radius 2 is 1.77 bits per heavy atom. The molecule has 0 spiro atoms. The number of hydrazine groups is 1. The van der Waals surface area contributed by atoms with Gasteiger partial charge in [0.2, 0.25) is 0 Å². The van der Waals surface area contributed by atoms with Gasteiger partial charge in [-0.25, -0.2) is 0 Å². The quantitative estimate of drug-likeness (QED) is 0.164. The molecule has 7 rings (SSSR count). The largest absolute Gasteiger partial charge is 0.504 e. The Morgan fingerprint density at radius 3 is 2.58 bits per heavy atom. The molecule has 5 N–H and O–H groups in total. The molecule has 2 amide bonds. The van der Waals surface area contributed by atoms with Crippen LogP contribution < -0.4 is 15.8 Å². The molecule has 0 bridgehead atoms. The molecule has 0 saturated heterocycles. The van der Waals surface area contributed by atoms with Crippen LogP contribution in [-0.4, -0.2) is 39.3 Å². The number of aryl methyl sites for hydroxylation is 1. The predicted octanol–water partition coefficient (Wildman–Crippen LogP) is 6.15. The Morgan fingerprint density at radius 1 is 1.02 bits per heavy atom. The number of benzene rings is 3. The molecule has 3 aromatic carbocycles. The molecule has 9 nitrogen and oxygen atoms in total.